The zero-order chi connectivity index (χ0) is 16.2. The van der Waals surface area contributed by atoms with Crippen LogP contribution in [0.25, 0.3) is 0 Å². The minimum atomic E-state index is -3.43. The monoisotopic (exact) mass is 325 g/mol. The summed E-state index contributed by atoms with van der Waals surface area (Å²) in [5, 5.41) is 3.30. The number of hydrogen-bond acceptors (Lipinski definition) is 4. The zero-order valence-corrected chi connectivity index (χ0v) is 14.6. The Kier molecular flexibility index (Phi) is 5.97. The topological polar surface area (TPSA) is 52.7 Å². The number of aryl methyl sites for hydroxylation is 1. The third kappa shape index (κ3) is 4.29. The molecule has 5 nitrogen and oxygen atoms in total. The summed E-state index contributed by atoms with van der Waals surface area (Å²) in [5.74, 6) is 0. The first-order chi connectivity index (χ1) is 10.4. The fraction of sp³-hybridized carbons (Fsp3) is 0.625. The molecular weight excluding hydrogens is 298 g/mol. The van der Waals surface area contributed by atoms with Gasteiger partial charge < -0.3 is 10.2 Å². The van der Waals surface area contributed by atoms with E-state index in [0.717, 1.165) is 38.0 Å². The van der Waals surface area contributed by atoms with Gasteiger partial charge in [-0.2, -0.15) is 4.31 Å². The molecule has 0 atom stereocenters. The lowest BCUT2D eigenvalue weighted by molar-refractivity contribution is 0.240. The van der Waals surface area contributed by atoms with Gasteiger partial charge in [-0.15, -0.1) is 0 Å². The van der Waals surface area contributed by atoms with E-state index in [2.05, 4.69) is 5.32 Å². The van der Waals surface area contributed by atoms with Crippen LogP contribution >= 0.6 is 0 Å². The van der Waals surface area contributed by atoms with Crippen molar-refractivity contribution < 1.29 is 8.42 Å². The maximum Gasteiger partial charge on any atom is 0.243 e. The van der Waals surface area contributed by atoms with E-state index in [-0.39, 0.29) is 6.04 Å². The van der Waals surface area contributed by atoms with Gasteiger partial charge in [-0.3, -0.25) is 0 Å². The van der Waals surface area contributed by atoms with Crippen LogP contribution in [0, 0.1) is 6.92 Å². The second-order valence-corrected chi connectivity index (χ2v) is 8.10. The first-order valence-corrected chi connectivity index (χ1v) is 9.29. The Morgan fingerprint density at radius 1 is 1.09 bits per heavy atom. The van der Waals surface area contributed by atoms with Crippen LogP contribution in [0.2, 0.25) is 0 Å². The lowest BCUT2D eigenvalue weighted by Gasteiger charge is -2.34. The summed E-state index contributed by atoms with van der Waals surface area (Å²) in [6, 6.07) is 7.24. The molecule has 0 amide bonds. The highest BCUT2D eigenvalue weighted by Gasteiger charge is 2.32. The molecule has 0 spiro atoms. The first-order valence-electron chi connectivity index (χ1n) is 7.85. The molecular formula is C16H27N3O2S. The Bertz CT molecular complexity index is 564. The van der Waals surface area contributed by atoms with E-state index >= 15 is 0 Å². The van der Waals surface area contributed by atoms with Gasteiger partial charge in [0.2, 0.25) is 10.0 Å². The molecule has 0 bridgehead atoms. The van der Waals surface area contributed by atoms with Gasteiger partial charge in [-0.25, -0.2) is 8.42 Å². The molecule has 0 aromatic heterocycles. The van der Waals surface area contributed by atoms with E-state index in [1.165, 1.54) is 0 Å². The van der Waals surface area contributed by atoms with Gasteiger partial charge >= 0.3 is 0 Å². The highest BCUT2D eigenvalue weighted by Crippen LogP contribution is 2.22. The molecule has 124 valence electrons. The smallest absolute Gasteiger partial charge is 0.243 e. The average Bonchev–Trinajstić information content (AvgIpc) is 2.48. The summed E-state index contributed by atoms with van der Waals surface area (Å²) >= 11 is 0. The molecule has 0 aliphatic carbocycles. The Morgan fingerprint density at radius 3 is 2.23 bits per heavy atom. The van der Waals surface area contributed by atoms with Gasteiger partial charge in [-0.1, -0.05) is 17.7 Å². The first kappa shape index (κ1) is 17.4. The van der Waals surface area contributed by atoms with E-state index in [1.54, 1.807) is 16.4 Å². The maximum atomic E-state index is 13.0. The molecule has 1 aromatic carbocycles. The normalized spacial score (nSPS) is 17.3. The predicted molar refractivity (Wildman–Crippen MR) is 89.5 cm³/mol. The molecule has 1 aliphatic rings. The van der Waals surface area contributed by atoms with Gasteiger partial charge in [0.1, 0.15) is 0 Å². The van der Waals surface area contributed by atoms with Crippen molar-refractivity contribution in [2.24, 2.45) is 0 Å². The minimum Gasteiger partial charge on any atom is -0.317 e. The third-order valence-electron chi connectivity index (χ3n) is 4.11. The highest BCUT2D eigenvalue weighted by molar-refractivity contribution is 7.89. The standard InChI is InChI=1S/C16H27N3O2S/c1-14-4-6-16(7-5-14)22(20,21)19(13-12-18(2)3)15-8-10-17-11-9-15/h4-7,15,17H,8-13H2,1-3H3. The zero-order valence-electron chi connectivity index (χ0n) is 13.7. The minimum absolute atomic E-state index is 0.0903. The summed E-state index contributed by atoms with van der Waals surface area (Å²) in [7, 11) is 0.508. The van der Waals surface area contributed by atoms with Crippen LogP contribution in [0.15, 0.2) is 29.2 Å². The van der Waals surface area contributed by atoms with Crippen molar-refractivity contribution in [2.45, 2.75) is 30.7 Å². The van der Waals surface area contributed by atoms with Gasteiger partial charge in [0.25, 0.3) is 0 Å². The molecule has 1 fully saturated rings. The lowest BCUT2D eigenvalue weighted by atomic mass is 10.1. The van der Waals surface area contributed by atoms with E-state index in [4.69, 9.17) is 0 Å². The number of sulfonamides is 1. The fourth-order valence-electron chi connectivity index (χ4n) is 2.74. The number of benzene rings is 1. The summed E-state index contributed by atoms with van der Waals surface area (Å²) in [6.45, 7) is 5.00. The molecule has 0 radical (unpaired) electrons. The molecule has 0 unspecified atom stereocenters. The van der Waals surface area contributed by atoms with Crippen LogP contribution in [-0.4, -0.2) is 63.9 Å². The predicted octanol–water partition coefficient (Wildman–Crippen LogP) is 1.30. The van der Waals surface area contributed by atoms with E-state index in [0.29, 0.717) is 11.4 Å². The van der Waals surface area contributed by atoms with Gasteiger partial charge in [0.15, 0.2) is 0 Å². The van der Waals surface area contributed by atoms with E-state index < -0.39 is 10.0 Å². The van der Waals surface area contributed by atoms with Crippen molar-refractivity contribution in [3.05, 3.63) is 29.8 Å². The SMILES string of the molecule is Cc1ccc(S(=O)(=O)N(CCN(C)C)C2CCNCC2)cc1. The molecule has 2 rings (SSSR count). The van der Waals surface area contributed by atoms with Crippen molar-refractivity contribution >= 4 is 10.0 Å². The van der Waals surface area contributed by atoms with Gasteiger partial charge in [-0.05, 0) is 59.1 Å². The number of hydrogen-bond donors (Lipinski definition) is 1. The number of rotatable bonds is 6. The van der Waals surface area contributed by atoms with Crippen LogP contribution in [0.5, 0.6) is 0 Å². The summed E-state index contributed by atoms with van der Waals surface area (Å²) < 4.78 is 27.8. The number of nitrogens with one attached hydrogen (secondary N) is 1. The van der Waals surface area contributed by atoms with Crippen molar-refractivity contribution in [1.82, 2.24) is 14.5 Å². The van der Waals surface area contributed by atoms with E-state index in [9.17, 15) is 8.42 Å². The van der Waals surface area contributed by atoms with Crippen molar-refractivity contribution in [2.75, 3.05) is 40.3 Å². The Hall–Kier alpha value is -0.950. The van der Waals surface area contributed by atoms with Crippen LogP contribution < -0.4 is 5.32 Å². The summed E-state index contributed by atoms with van der Waals surface area (Å²) in [6.07, 6.45) is 1.75. The van der Waals surface area contributed by atoms with Crippen molar-refractivity contribution in [1.29, 1.82) is 0 Å². The Morgan fingerprint density at radius 2 is 1.68 bits per heavy atom. The van der Waals surface area contributed by atoms with Crippen LogP contribution in [0.1, 0.15) is 18.4 Å². The molecule has 1 N–H and O–H groups in total. The Labute approximate surface area is 134 Å². The van der Waals surface area contributed by atoms with Crippen molar-refractivity contribution in [3.8, 4) is 0 Å². The molecule has 1 aromatic rings. The average molecular weight is 325 g/mol. The number of piperidine rings is 1. The fourth-order valence-corrected chi connectivity index (χ4v) is 4.41. The largest absolute Gasteiger partial charge is 0.317 e. The van der Waals surface area contributed by atoms with Gasteiger partial charge in [0, 0.05) is 19.1 Å². The maximum absolute atomic E-state index is 13.0. The number of likely N-dealkylation sites (N-methyl/N-ethyl adjacent to an activating group) is 1. The van der Waals surface area contributed by atoms with Crippen molar-refractivity contribution in [3.63, 3.8) is 0 Å². The molecule has 1 saturated heterocycles. The quantitative estimate of drug-likeness (QED) is 0.856. The number of nitrogens with zero attached hydrogens (tertiary/aromatic N) is 2. The van der Waals surface area contributed by atoms with Crippen LogP contribution in [0.4, 0.5) is 0 Å². The molecule has 1 aliphatic heterocycles. The molecule has 1 heterocycles. The lowest BCUT2D eigenvalue weighted by Crippen LogP contribution is -2.48. The second-order valence-electron chi connectivity index (χ2n) is 6.21. The molecule has 0 saturated carbocycles. The second kappa shape index (κ2) is 7.55. The molecule has 6 heteroatoms. The van der Waals surface area contributed by atoms with Crippen LogP contribution in [-0.2, 0) is 10.0 Å². The summed E-state index contributed by atoms with van der Waals surface area (Å²) in [5.41, 5.74) is 1.07. The molecule has 22 heavy (non-hydrogen) atoms. The van der Waals surface area contributed by atoms with E-state index in [1.807, 2.05) is 38.1 Å². The third-order valence-corrected chi connectivity index (χ3v) is 6.08. The van der Waals surface area contributed by atoms with Gasteiger partial charge in [0.05, 0.1) is 4.90 Å². The Balaban J connectivity index is 2.26. The summed E-state index contributed by atoms with van der Waals surface area (Å²) in [4.78, 5) is 2.43. The van der Waals surface area contributed by atoms with Crippen LogP contribution in [0.3, 0.4) is 0 Å². The highest BCUT2D eigenvalue weighted by atomic mass is 32.2.